The van der Waals surface area contributed by atoms with E-state index in [1.54, 1.807) is 25.1 Å². The van der Waals surface area contributed by atoms with E-state index in [0.29, 0.717) is 29.1 Å². The van der Waals surface area contributed by atoms with E-state index in [-0.39, 0.29) is 5.56 Å². The minimum absolute atomic E-state index is 0.0636. The molecule has 7 nitrogen and oxygen atoms in total. The number of likely N-dealkylation sites (N-methyl/N-ethyl adjacent to an activating group) is 1. The SMILES string of the molecule is CCN(CC)CCn1cnc2c([nH]c3cc(OC)c(OC)cc32)c1=O. The fraction of sp³-hybridized carbons (Fsp3) is 0.444. The zero-order valence-electron chi connectivity index (χ0n) is 15.1. The Morgan fingerprint density at radius 1 is 1.16 bits per heavy atom. The summed E-state index contributed by atoms with van der Waals surface area (Å²) in [5.41, 5.74) is 1.90. The molecule has 2 aromatic heterocycles. The van der Waals surface area contributed by atoms with Crippen LogP contribution in [0.4, 0.5) is 0 Å². The maximum Gasteiger partial charge on any atom is 0.277 e. The normalized spacial score (nSPS) is 11.6. The van der Waals surface area contributed by atoms with Gasteiger partial charge in [-0.15, -0.1) is 0 Å². The molecule has 3 rings (SSSR count). The van der Waals surface area contributed by atoms with Crippen LogP contribution < -0.4 is 15.0 Å². The largest absolute Gasteiger partial charge is 0.493 e. The van der Waals surface area contributed by atoms with Crippen LogP contribution in [0.25, 0.3) is 21.9 Å². The number of hydrogen-bond donors (Lipinski definition) is 1. The Hall–Kier alpha value is -2.54. The third kappa shape index (κ3) is 3.07. The van der Waals surface area contributed by atoms with E-state index in [1.165, 1.54) is 0 Å². The first kappa shape index (κ1) is 17.3. The van der Waals surface area contributed by atoms with E-state index in [9.17, 15) is 4.79 Å². The highest BCUT2D eigenvalue weighted by Crippen LogP contribution is 2.34. The number of nitrogens with zero attached hydrogens (tertiary/aromatic N) is 3. The Labute approximate surface area is 146 Å². The number of benzene rings is 1. The molecule has 134 valence electrons. The summed E-state index contributed by atoms with van der Waals surface area (Å²) in [5.74, 6) is 1.23. The highest BCUT2D eigenvalue weighted by molar-refractivity contribution is 6.05. The number of rotatable bonds is 7. The van der Waals surface area contributed by atoms with Crippen molar-refractivity contribution in [3.05, 3.63) is 28.8 Å². The molecule has 0 aliphatic heterocycles. The molecule has 1 N–H and O–H groups in total. The van der Waals surface area contributed by atoms with E-state index in [2.05, 4.69) is 28.7 Å². The number of ether oxygens (including phenoxy) is 2. The van der Waals surface area contributed by atoms with E-state index in [1.807, 2.05) is 12.1 Å². The molecule has 25 heavy (non-hydrogen) atoms. The molecule has 7 heteroatoms. The minimum Gasteiger partial charge on any atom is -0.493 e. The Morgan fingerprint density at radius 2 is 1.84 bits per heavy atom. The number of fused-ring (bicyclic) bond motifs is 3. The summed E-state index contributed by atoms with van der Waals surface area (Å²) < 4.78 is 12.3. The van der Waals surface area contributed by atoms with E-state index >= 15 is 0 Å². The molecule has 0 radical (unpaired) electrons. The predicted molar refractivity (Wildman–Crippen MR) is 98.8 cm³/mol. The van der Waals surface area contributed by atoms with Crippen molar-refractivity contribution >= 4 is 21.9 Å². The second-order valence-electron chi connectivity index (χ2n) is 5.87. The Morgan fingerprint density at radius 3 is 2.48 bits per heavy atom. The molecule has 0 fully saturated rings. The maximum absolute atomic E-state index is 12.8. The third-order valence-corrected chi connectivity index (χ3v) is 4.63. The first-order chi connectivity index (χ1) is 12.1. The van der Waals surface area contributed by atoms with Crippen LogP contribution in [0.15, 0.2) is 23.3 Å². The number of nitrogens with one attached hydrogen (secondary N) is 1. The zero-order chi connectivity index (χ0) is 18.0. The lowest BCUT2D eigenvalue weighted by atomic mass is 10.2. The van der Waals surface area contributed by atoms with Crippen molar-refractivity contribution in [2.75, 3.05) is 33.9 Å². The van der Waals surface area contributed by atoms with Gasteiger partial charge in [-0.1, -0.05) is 13.8 Å². The zero-order valence-corrected chi connectivity index (χ0v) is 15.1. The highest BCUT2D eigenvalue weighted by atomic mass is 16.5. The summed E-state index contributed by atoms with van der Waals surface area (Å²) in [7, 11) is 3.18. The average Bonchev–Trinajstić information content (AvgIpc) is 3.01. The molecule has 0 aliphatic rings. The van der Waals surface area contributed by atoms with Gasteiger partial charge in [-0.2, -0.15) is 0 Å². The summed E-state index contributed by atoms with van der Waals surface area (Å²) in [4.78, 5) is 22.8. The topological polar surface area (TPSA) is 72.4 Å². The van der Waals surface area contributed by atoms with Gasteiger partial charge in [0, 0.05) is 24.5 Å². The average molecular weight is 344 g/mol. The molecule has 0 atom stereocenters. The van der Waals surface area contributed by atoms with Crippen molar-refractivity contribution in [2.45, 2.75) is 20.4 Å². The number of hydrogen-bond acceptors (Lipinski definition) is 5. The van der Waals surface area contributed by atoms with Crippen LogP contribution >= 0.6 is 0 Å². The van der Waals surface area contributed by atoms with Gasteiger partial charge in [0.05, 0.1) is 26.1 Å². The molecule has 0 spiro atoms. The Kier molecular flexibility index (Phi) is 4.94. The molecular formula is C18H24N4O3. The Balaban J connectivity index is 2.07. The van der Waals surface area contributed by atoms with Gasteiger partial charge in [0.15, 0.2) is 11.5 Å². The van der Waals surface area contributed by atoms with Crippen LogP contribution in [0, 0.1) is 0 Å². The van der Waals surface area contributed by atoms with Crippen LogP contribution in [-0.4, -0.2) is 53.3 Å². The molecular weight excluding hydrogens is 320 g/mol. The van der Waals surface area contributed by atoms with Gasteiger partial charge in [0.1, 0.15) is 11.0 Å². The summed E-state index contributed by atoms with van der Waals surface area (Å²) in [5, 5.41) is 0.848. The molecule has 2 heterocycles. The lowest BCUT2D eigenvalue weighted by Crippen LogP contribution is -2.31. The molecule has 3 aromatic rings. The van der Waals surface area contributed by atoms with Crippen LogP contribution in [0.5, 0.6) is 11.5 Å². The van der Waals surface area contributed by atoms with Crippen molar-refractivity contribution in [3.63, 3.8) is 0 Å². The van der Waals surface area contributed by atoms with Gasteiger partial charge in [0.25, 0.3) is 5.56 Å². The molecule has 0 amide bonds. The fourth-order valence-electron chi connectivity index (χ4n) is 3.07. The highest BCUT2D eigenvalue weighted by Gasteiger charge is 2.15. The molecule has 1 aromatic carbocycles. The van der Waals surface area contributed by atoms with Crippen molar-refractivity contribution in [1.29, 1.82) is 0 Å². The molecule has 0 aliphatic carbocycles. The second-order valence-corrected chi connectivity index (χ2v) is 5.87. The number of methoxy groups -OCH3 is 2. The van der Waals surface area contributed by atoms with Gasteiger partial charge < -0.3 is 19.4 Å². The second kappa shape index (κ2) is 7.14. The summed E-state index contributed by atoms with van der Waals surface area (Å²) >= 11 is 0. The van der Waals surface area contributed by atoms with E-state index in [4.69, 9.17) is 9.47 Å². The predicted octanol–water partition coefficient (Wildman–Crippen LogP) is 2.24. The van der Waals surface area contributed by atoms with Gasteiger partial charge in [0.2, 0.25) is 0 Å². The van der Waals surface area contributed by atoms with Gasteiger partial charge in [-0.05, 0) is 19.2 Å². The minimum atomic E-state index is -0.0636. The first-order valence-corrected chi connectivity index (χ1v) is 8.48. The summed E-state index contributed by atoms with van der Waals surface area (Å²) in [6.07, 6.45) is 1.62. The van der Waals surface area contributed by atoms with Crippen molar-refractivity contribution in [2.24, 2.45) is 0 Å². The number of aromatic amines is 1. The van der Waals surface area contributed by atoms with Crippen molar-refractivity contribution in [3.8, 4) is 11.5 Å². The smallest absolute Gasteiger partial charge is 0.277 e. The molecule has 0 bridgehead atoms. The quantitative estimate of drug-likeness (QED) is 0.712. The lowest BCUT2D eigenvalue weighted by molar-refractivity contribution is 0.289. The molecule has 0 unspecified atom stereocenters. The summed E-state index contributed by atoms with van der Waals surface area (Å²) in [6, 6.07) is 3.68. The molecule has 0 saturated carbocycles. The first-order valence-electron chi connectivity index (χ1n) is 8.48. The number of aromatic nitrogens is 3. The van der Waals surface area contributed by atoms with E-state index in [0.717, 1.165) is 30.5 Å². The van der Waals surface area contributed by atoms with Crippen LogP contribution in [0.1, 0.15) is 13.8 Å². The van der Waals surface area contributed by atoms with Crippen molar-refractivity contribution < 1.29 is 9.47 Å². The third-order valence-electron chi connectivity index (χ3n) is 4.63. The van der Waals surface area contributed by atoms with Crippen molar-refractivity contribution in [1.82, 2.24) is 19.4 Å². The fourth-order valence-corrected chi connectivity index (χ4v) is 3.07. The van der Waals surface area contributed by atoms with Gasteiger partial charge >= 0.3 is 0 Å². The molecule has 0 saturated heterocycles. The van der Waals surface area contributed by atoms with Crippen LogP contribution in [0.2, 0.25) is 0 Å². The maximum atomic E-state index is 12.8. The van der Waals surface area contributed by atoms with Crippen LogP contribution in [0.3, 0.4) is 0 Å². The van der Waals surface area contributed by atoms with Gasteiger partial charge in [-0.3, -0.25) is 9.36 Å². The number of H-pyrrole nitrogens is 1. The van der Waals surface area contributed by atoms with Crippen LogP contribution in [-0.2, 0) is 6.54 Å². The monoisotopic (exact) mass is 344 g/mol. The Bertz CT molecular complexity index is 941. The standard InChI is InChI=1S/C18H24N4O3/c1-5-21(6-2)7-8-22-11-19-16-12-9-14(24-3)15(25-4)10-13(12)20-17(16)18(22)23/h9-11,20H,5-8H2,1-4H3. The lowest BCUT2D eigenvalue weighted by Gasteiger charge is -2.18. The van der Waals surface area contributed by atoms with E-state index < -0.39 is 0 Å². The summed E-state index contributed by atoms with van der Waals surface area (Å²) in [6.45, 7) is 7.60. The van der Waals surface area contributed by atoms with Gasteiger partial charge in [-0.25, -0.2) is 4.98 Å².